The summed E-state index contributed by atoms with van der Waals surface area (Å²) in [4.78, 5) is 27.2. The summed E-state index contributed by atoms with van der Waals surface area (Å²) < 4.78 is 5.67. The third-order valence-corrected chi connectivity index (χ3v) is 3.36. The molecule has 0 bridgehead atoms. The van der Waals surface area contributed by atoms with Gasteiger partial charge in [0.15, 0.2) is 17.7 Å². The topological polar surface area (TPSA) is 55.7 Å². The van der Waals surface area contributed by atoms with Crippen LogP contribution >= 0.6 is 0 Å². The van der Waals surface area contributed by atoms with Gasteiger partial charge in [0.25, 0.3) is 0 Å². The number of hydrogen-bond donors (Lipinski definition) is 0. The molecule has 0 amide bonds. The third kappa shape index (κ3) is 4.71. The van der Waals surface area contributed by atoms with Crippen LogP contribution in [0.5, 0.6) is 0 Å². The number of rotatable bonds is 8. The van der Waals surface area contributed by atoms with Gasteiger partial charge in [-0.2, -0.15) is 0 Å². The maximum Gasteiger partial charge on any atom is 0.192 e. The second-order valence-corrected chi connectivity index (χ2v) is 4.92. The maximum absolute atomic E-state index is 11.8. The molecule has 106 valence electrons. The fraction of sp³-hybridized carbons (Fsp3) is 0.667. The minimum absolute atomic E-state index is 0.189. The van der Waals surface area contributed by atoms with E-state index in [1.165, 1.54) is 19.2 Å². The van der Waals surface area contributed by atoms with Crippen molar-refractivity contribution in [3.05, 3.63) is 12.3 Å². The molecule has 2 atom stereocenters. The van der Waals surface area contributed by atoms with Crippen molar-refractivity contribution in [1.29, 1.82) is 0 Å². The van der Waals surface area contributed by atoms with Crippen molar-refractivity contribution in [2.75, 3.05) is 6.61 Å². The lowest BCUT2D eigenvalue weighted by atomic mass is 9.99. The number of carbonyl (C=O) groups is 2. The van der Waals surface area contributed by atoms with E-state index in [0.29, 0.717) is 12.5 Å². The van der Waals surface area contributed by atoms with Crippen molar-refractivity contribution in [2.45, 2.75) is 52.6 Å². The molecule has 1 aliphatic heterocycles. The van der Waals surface area contributed by atoms with Crippen molar-refractivity contribution < 1.29 is 14.3 Å². The predicted octanol–water partition coefficient (Wildman–Crippen LogP) is 2.71. The van der Waals surface area contributed by atoms with E-state index in [1.54, 1.807) is 0 Å². The Hall–Kier alpha value is -1.29. The van der Waals surface area contributed by atoms with Crippen molar-refractivity contribution in [3.8, 4) is 0 Å². The first-order valence-electron chi connectivity index (χ1n) is 7.00. The second kappa shape index (κ2) is 8.00. The molecule has 0 aromatic heterocycles. The Balaban J connectivity index is 2.58. The van der Waals surface area contributed by atoms with E-state index in [1.807, 2.05) is 0 Å². The van der Waals surface area contributed by atoms with Gasteiger partial charge in [0.2, 0.25) is 0 Å². The van der Waals surface area contributed by atoms with Gasteiger partial charge in [-0.05, 0) is 12.3 Å². The Kier molecular flexibility index (Phi) is 6.64. The van der Waals surface area contributed by atoms with Gasteiger partial charge >= 0.3 is 0 Å². The molecule has 0 N–H and O–H groups in total. The van der Waals surface area contributed by atoms with E-state index >= 15 is 0 Å². The first-order valence-corrected chi connectivity index (χ1v) is 7.00. The Bertz CT molecular complexity index is 385. The van der Waals surface area contributed by atoms with Crippen LogP contribution in [-0.4, -0.2) is 30.0 Å². The van der Waals surface area contributed by atoms with Crippen molar-refractivity contribution in [3.63, 3.8) is 0 Å². The molecular formula is C15H23NO3. The predicted molar refractivity (Wildman–Crippen MR) is 75.3 cm³/mol. The summed E-state index contributed by atoms with van der Waals surface area (Å²) in [5, 5.41) is 0. The van der Waals surface area contributed by atoms with Crippen molar-refractivity contribution in [1.82, 2.24) is 0 Å². The number of carbonyl (C=O) groups excluding carboxylic acids is 2. The number of unbranched alkanes of at least 4 members (excludes halogenated alkanes) is 1. The van der Waals surface area contributed by atoms with Crippen LogP contribution in [0.3, 0.4) is 0 Å². The molecule has 4 nitrogen and oxygen atoms in total. The first-order chi connectivity index (χ1) is 9.10. The molecule has 1 rings (SSSR count). The SMILES string of the molecule is CCCCC(CC)COC1C(=O)C=CN=C1C(C)=O. The number of ketones is 2. The van der Waals surface area contributed by atoms with Crippen LogP contribution in [0.1, 0.15) is 46.5 Å². The van der Waals surface area contributed by atoms with Gasteiger partial charge in [-0.15, -0.1) is 0 Å². The minimum Gasteiger partial charge on any atom is -0.363 e. The highest BCUT2D eigenvalue weighted by atomic mass is 16.5. The summed E-state index contributed by atoms with van der Waals surface area (Å²) in [5.41, 5.74) is 0.220. The molecular weight excluding hydrogens is 242 g/mol. The smallest absolute Gasteiger partial charge is 0.192 e. The monoisotopic (exact) mass is 265 g/mol. The molecule has 19 heavy (non-hydrogen) atoms. The molecule has 1 aliphatic rings. The normalized spacial score (nSPS) is 20.3. The summed E-state index contributed by atoms with van der Waals surface area (Å²) in [6, 6.07) is 0. The van der Waals surface area contributed by atoms with Crippen LogP contribution in [0.15, 0.2) is 17.3 Å². The quantitative estimate of drug-likeness (QED) is 0.678. The molecule has 0 aromatic carbocycles. The summed E-state index contributed by atoms with van der Waals surface area (Å²) in [6.07, 6.45) is 6.35. The molecule has 0 radical (unpaired) electrons. The fourth-order valence-electron chi connectivity index (χ4n) is 2.05. The van der Waals surface area contributed by atoms with E-state index in [4.69, 9.17) is 4.74 Å². The molecule has 0 saturated carbocycles. The summed E-state index contributed by atoms with van der Waals surface area (Å²) in [5.74, 6) is 0.0433. The van der Waals surface area contributed by atoms with Crippen LogP contribution < -0.4 is 0 Å². The largest absolute Gasteiger partial charge is 0.363 e. The van der Waals surface area contributed by atoms with Crippen molar-refractivity contribution in [2.24, 2.45) is 10.9 Å². The summed E-state index contributed by atoms with van der Waals surface area (Å²) >= 11 is 0. The van der Waals surface area contributed by atoms with Crippen LogP contribution in [0, 0.1) is 5.92 Å². The summed E-state index contributed by atoms with van der Waals surface area (Å²) in [6.45, 7) is 6.19. The Morgan fingerprint density at radius 1 is 1.47 bits per heavy atom. The zero-order valence-corrected chi connectivity index (χ0v) is 12.0. The molecule has 0 fully saturated rings. The van der Waals surface area contributed by atoms with E-state index in [2.05, 4.69) is 18.8 Å². The van der Waals surface area contributed by atoms with E-state index in [0.717, 1.165) is 25.7 Å². The lowest BCUT2D eigenvalue weighted by Crippen LogP contribution is -2.38. The van der Waals surface area contributed by atoms with Crippen LogP contribution in [-0.2, 0) is 14.3 Å². The van der Waals surface area contributed by atoms with E-state index in [-0.39, 0.29) is 17.3 Å². The minimum atomic E-state index is -0.807. The Morgan fingerprint density at radius 3 is 2.79 bits per heavy atom. The van der Waals surface area contributed by atoms with E-state index in [9.17, 15) is 9.59 Å². The fourth-order valence-corrected chi connectivity index (χ4v) is 2.05. The standard InChI is InChI=1S/C15H23NO3/c1-4-6-7-12(5-2)10-19-15-13(18)8-9-16-14(15)11(3)17/h8-9,12,15H,4-7,10H2,1-3H3. The number of Topliss-reactive ketones (excluding diaryl/α,β-unsaturated/α-hetero) is 1. The average molecular weight is 265 g/mol. The number of hydrogen-bond acceptors (Lipinski definition) is 4. The van der Waals surface area contributed by atoms with Gasteiger partial charge in [-0.1, -0.05) is 33.1 Å². The first kappa shape index (κ1) is 15.8. The molecule has 0 aliphatic carbocycles. The number of nitrogens with zero attached hydrogens (tertiary/aromatic N) is 1. The van der Waals surface area contributed by atoms with Crippen molar-refractivity contribution >= 4 is 17.3 Å². The molecule has 0 spiro atoms. The molecule has 0 aromatic rings. The van der Waals surface area contributed by atoms with Gasteiger partial charge < -0.3 is 4.74 Å². The highest BCUT2D eigenvalue weighted by molar-refractivity contribution is 6.45. The number of ether oxygens (including phenoxy) is 1. The Morgan fingerprint density at radius 2 is 2.21 bits per heavy atom. The van der Waals surface area contributed by atoms with Crippen LogP contribution in [0.4, 0.5) is 0 Å². The van der Waals surface area contributed by atoms with Gasteiger partial charge in [0, 0.05) is 19.2 Å². The molecule has 4 heteroatoms. The average Bonchev–Trinajstić information content (AvgIpc) is 2.40. The molecule has 1 heterocycles. The lowest BCUT2D eigenvalue weighted by molar-refractivity contribution is -0.124. The van der Waals surface area contributed by atoms with Crippen LogP contribution in [0.25, 0.3) is 0 Å². The van der Waals surface area contributed by atoms with Gasteiger partial charge in [0.1, 0.15) is 5.71 Å². The summed E-state index contributed by atoms with van der Waals surface area (Å²) in [7, 11) is 0. The molecule has 2 unspecified atom stereocenters. The lowest BCUT2D eigenvalue weighted by Gasteiger charge is -2.21. The van der Waals surface area contributed by atoms with Gasteiger partial charge in [-0.25, -0.2) is 0 Å². The van der Waals surface area contributed by atoms with Crippen LogP contribution in [0.2, 0.25) is 0 Å². The third-order valence-electron chi connectivity index (χ3n) is 3.36. The van der Waals surface area contributed by atoms with Gasteiger partial charge in [0.05, 0.1) is 6.61 Å². The second-order valence-electron chi connectivity index (χ2n) is 4.92. The van der Waals surface area contributed by atoms with Gasteiger partial charge in [-0.3, -0.25) is 14.6 Å². The highest BCUT2D eigenvalue weighted by Gasteiger charge is 2.29. The zero-order valence-electron chi connectivity index (χ0n) is 12.0. The zero-order chi connectivity index (χ0) is 14.3. The molecule has 0 saturated heterocycles. The Labute approximate surface area is 114 Å². The highest BCUT2D eigenvalue weighted by Crippen LogP contribution is 2.15. The maximum atomic E-state index is 11.8. The number of aliphatic imine (C=N–C) groups is 1. The van der Waals surface area contributed by atoms with E-state index < -0.39 is 6.10 Å².